The maximum atomic E-state index is 10.5. The molecular weight excluding hydrogens is 270 g/mol. The molecule has 5 heteroatoms. The van der Waals surface area contributed by atoms with E-state index in [0.29, 0.717) is 0 Å². The second kappa shape index (κ2) is 5.42. The van der Waals surface area contributed by atoms with Crippen LogP contribution in [0.1, 0.15) is 5.56 Å². The van der Waals surface area contributed by atoms with E-state index in [2.05, 4.69) is 0 Å². The molecule has 0 aromatic heterocycles. The molecule has 92 valence electrons. The van der Waals surface area contributed by atoms with Crippen molar-refractivity contribution in [1.29, 1.82) is 0 Å². The Morgan fingerprint density at radius 3 is 2.28 bits per heavy atom. The Bertz CT molecular complexity index is 584. The summed E-state index contributed by atoms with van der Waals surface area (Å²) in [6.07, 6.45) is 0. The van der Waals surface area contributed by atoms with Crippen molar-refractivity contribution in [3.63, 3.8) is 0 Å². The van der Waals surface area contributed by atoms with Crippen LogP contribution < -0.4 is 0 Å². The maximum Gasteiger partial charge on any atom is 0.269 e. The quantitative estimate of drug-likeness (QED) is 0.604. The number of nitrogens with zero attached hydrogens (tertiary/aromatic N) is 1. The molecule has 18 heavy (non-hydrogen) atoms. The van der Waals surface area contributed by atoms with Gasteiger partial charge in [-0.25, -0.2) is 0 Å². The van der Waals surface area contributed by atoms with Crippen molar-refractivity contribution in [2.24, 2.45) is 0 Å². The lowest BCUT2D eigenvalue weighted by molar-refractivity contribution is -0.384. The summed E-state index contributed by atoms with van der Waals surface area (Å²) in [4.78, 5) is 12.2. The Kier molecular flexibility index (Phi) is 3.89. The summed E-state index contributed by atoms with van der Waals surface area (Å²) in [5.41, 5.74) is 1.12. The van der Waals surface area contributed by atoms with Crippen LogP contribution in [0.3, 0.4) is 0 Å². The van der Waals surface area contributed by atoms with Gasteiger partial charge in [-0.05, 0) is 42.8 Å². The molecule has 3 nitrogen and oxygen atoms in total. The molecule has 0 amide bonds. The zero-order chi connectivity index (χ0) is 13.1. The summed E-state index contributed by atoms with van der Waals surface area (Å²) in [6.45, 7) is 1.95. The number of nitro benzene ring substituents is 1. The number of halogens is 1. The van der Waals surface area contributed by atoms with Crippen LogP contribution in [0.2, 0.25) is 5.02 Å². The molecule has 2 aromatic carbocycles. The van der Waals surface area contributed by atoms with E-state index >= 15 is 0 Å². The lowest BCUT2D eigenvalue weighted by Crippen LogP contribution is -1.86. The minimum absolute atomic E-state index is 0.103. The fraction of sp³-hybridized carbons (Fsp3) is 0.0769. The third-order valence-corrected chi connectivity index (χ3v) is 3.83. The number of non-ortho nitro benzene ring substituents is 1. The van der Waals surface area contributed by atoms with Crippen LogP contribution in [0.5, 0.6) is 0 Å². The van der Waals surface area contributed by atoms with Crippen LogP contribution in [0.4, 0.5) is 5.69 Å². The number of benzene rings is 2. The number of hydrogen-bond donors (Lipinski definition) is 0. The Morgan fingerprint density at radius 1 is 1.11 bits per heavy atom. The number of rotatable bonds is 3. The van der Waals surface area contributed by atoms with Gasteiger partial charge in [0.15, 0.2) is 0 Å². The first kappa shape index (κ1) is 12.9. The van der Waals surface area contributed by atoms with Crippen LogP contribution in [0, 0.1) is 17.0 Å². The molecule has 0 bridgehead atoms. The van der Waals surface area contributed by atoms with Gasteiger partial charge in [-0.1, -0.05) is 23.4 Å². The van der Waals surface area contributed by atoms with Gasteiger partial charge >= 0.3 is 0 Å². The van der Waals surface area contributed by atoms with Gasteiger partial charge in [0.25, 0.3) is 5.69 Å². The summed E-state index contributed by atoms with van der Waals surface area (Å²) in [5.74, 6) is 0. The third kappa shape index (κ3) is 3.03. The Hall–Kier alpha value is -1.52. The maximum absolute atomic E-state index is 10.5. The average Bonchev–Trinajstić information content (AvgIpc) is 2.34. The van der Waals surface area contributed by atoms with Crippen LogP contribution in [-0.4, -0.2) is 4.92 Å². The predicted octanol–water partition coefficient (Wildman–Crippen LogP) is 4.71. The fourth-order valence-corrected chi connectivity index (χ4v) is 2.49. The van der Waals surface area contributed by atoms with Crippen LogP contribution in [-0.2, 0) is 0 Å². The van der Waals surface area contributed by atoms with Gasteiger partial charge < -0.3 is 0 Å². The zero-order valence-electron chi connectivity index (χ0n) is 9.59. The predicted molar refractivity (Wildman–Crippen MR) is 73.4 cm³/mol. The molecule has 0 heterocycles. The molecular formula is C13H10ClNO2S. The van der Waals surface area contributed by atoms with Crippen LogP contribution >= 0.6 is 23.4 Å². The highest BCUT2D eigenvalue weighted by Gasteiger charge is 2.05. The number of nitro groups is 1. The van der Waals surface area contributed by atoms with E-state index < -0.39 is 4.92 Å². The molecule has 0 saturated heterocycles. The molecule has 2 aromatic rings. The molecule has 0 aliphatic rings. The molecule has 0 atom stereocenters. The number of hydrogen-bond acceptors (Lipinski definition) is 3. The zero-order valence-corrected chi connectivity index (χ0v) is 11.2. The molecule has 0 spiro atoms. The first-order valence-electron chi connectivity index (χ1n) is 5.25. The van der Waals surface area contributed by atoms with Crippen LogP contribution in [0.25, 0.3) is 0 Å². The molecule has 0 N–H and O–H groups in total. The smallest absolute Gasteiger partial charge is 0.258 e. The van der Waals surface area contributed by atoms with Gasteiger partial charge in [0.05, 0.1) is 4.92 Å². The van der Waals surface area contributed by atoms with Crippen molar-refractivity contribution in [1.82, 2.24) is 0 Å². The van der Waals surface area contributed by atoms with Crippen molar-refractivity contribution in [3.8, 4) is 0 Å². The van der Waals surface area contributed by atoms with E-state index in [1.54, 1.807) is 23.9 Å². The summed E-state index contributed by atoms with van der Waals surface area (Å²) >= 11 is 7.50. The van der Waals surface area contributed by atoms with Crippen molar-refractivity contribution >= 4 is 29.1 Å². The van der Waals surface area contributed by atoms with E-state index in [-0.39, 0.29) is 5.69 Å². The molecule has 0 aliphatic carbocycles. The second-order valence-corrected chi connectivity index (χ2v) is 5.32. The molecule has 0 aliphatic heterocycles. The van der Waals surface area contributed by atoms with Crippen molar-refractivity contribution < 1.29 is 4.92 Å². The molecule has 0 fully saturated rings. The van der Waals surface area contributed by atoms with Gasteiger partial charge in [0, 0.05) is 26.9 Å². The largest absolute Gasteiger partial charge is 0.269 e. The SMILES string of the molecule is Cc1cc(Sc2ccc([N+](=O)[O-])cc2)ccc1Cl. The standard InChI is InChI=1S/C13H10ClNO2S/c1-9-8-12(6-7-13(9)14)18-11-4-2-10(3-5-11)15(16)17/h2-8H,1H3. The Morgan fingerprint density at radius 2 is 1.72 bits per heavy atom. The summed E-state index contributed by atoms with van der Waals surface area (Å²) < 4.78 is 0. The second-order valence-electron chi connectivity index (χ2n) is 3.76. The van der Waals surface area contributed by atoms with E-state index in [0.717, 1.165) is 20.4 Å². The van der Waals surface area contributed by atoms with Gasteiger partial charge in [0.1, 0.15) is 0 Å². The molecule has 0 radical (unpaired) electrons. The summed E-state index contributed by atoms with van der Waals surface area (Å²) in [7, 11) is 0. The van der Waals surface area contributed by atoms with Crippen molar-refractivity contribution in [2.45, 2.75) is 16.7 Å². The van der Waals surface area contributed by atoms with E-state index in [9.17, 15) is 10.1 Å². The van der Waals surface area contributed by atoms with Crippen molar-refractivity contribution in [3.05, 3.63) is 63.2 Å². The molecule has 2 rings (SSSR count). The lowest BCUT2D eigenvalue weighted by atomic mass is 10.2. The monoisotopic (exact) mass is 279 g/mol. The highest BCUT2D eigenvalue weighted by molar-refractivity contribution is 7.99. The third-order valence-electron chi connectivity index (χ3n) is 2.41. The van der Waals surface area contributed by atoms with Gasteiger partial charge in [-0.15, -0.1) is 0 Å². The summed E-state index contributed by atoms with van der Waals surface area (Å²) in [6, 6.07) is 12.3. The van der Waals surface area contributed by atoms with E-state index in [1.807, 2.05) is 25.1 Å². The van der Waals surface area contributed by atoms with Gasteiger partial charge in [-0.2, -0.15) is 0 Å². The minimum Gasteiger partial charge on any atom is -0.258 e. The van der Waals surface area contributed by atoms with E-state index in [4.69, 9.17) is 11.6 Å². The Balaban J connectivity index is 2.18. The highest BCUT2D eigenvalue weighted by Crippen LogP contribution is 2.31. The topological polar surface area (TPSA) is 43.1 Å². The first-order chi connectivity index (χ1) is 8.56. The normalized spacial score (nSPS) is 10.3. The Labute approximate surface area is 114 Å². The first-order valence-corrected chi connectivity index (χ1v) is 6.44. The molecule has 0 unspecified atom stereocenters. The highest BCUT2D eigenvalue weighted by atomic mass is 35.5. The van der Waals surface area contributed by atoms with Crippen molar-refractivity contribution in [2.75, 3.05) is 0 Å². The average molecular weight is 280 g/mol. The van der Waals surface area contributed by atoms with E-state index in [1.165, 1.54) is 12.1 Å². The van der Waals surface area contributed by atoms with Crippen LogP contribution in [0.15, 0.2) is 52.3 Å². The fourth-order valence-electron chi connectivity index (χ4n) is 1.45. The molecule has 0 saturated carbocycles. The summed E-state index contributed by atoms with van der Waals surface area (Å²) in [5, 5.41) is 11.3. The van der Waals surface area contributed by atoms with Gasteiger partial charge in [-0.3, -0.25) is 10.1 Å². The number of aryl methyl sites for hydroxylation is 1. The minimum atomic E-state index is -0.402. The lowest BCUT2D eigenvalue weighted by Gasteiger charge is -2.04. The van der Waals surface area contributed by atoms with Gasteiger partial charge in [0.2, 0.25) is 0 Å².